The molecule has 1 atom stereocenters. The standard InChI is InChI=1S/C30H33N5O3S/c31-14-21-5-9-26(10-6-21)38-19-23-2-1-13-35(18-23)39(36,37)20-22-3-7-24(8-4-22)28-17-32-15-25-16-34-30-27(29(25)28)11-12-33-30/h5-6,9-12,15-17,22-24H,1-4,7-8,13,18-20H2,(H,33,34). The van der Waals surface area contributed by atoms with Gasteiger partial charge in [0.15, 0.2) is 0 Å². The van der Waals surface area contributed by atoms with Gasteiger partial charge in [-0.15, -0.1) is 0 Å². The summed E-state index contributed by atoms with van der Waals surface area (Å²) in [7, 11) is -3.33. The first-order valence-corrected chi connectivity index (χ1v) is 15.4. The highest BCUT2D eigenvalue weighted by atomic mass is 32.2. The minimum Gasteiger partial charge on any atom is -0.493 e. The Morgan fingerprint density at radius 2 is 1.85 bits per heavy atom. The second kappa shape index (κ2) is 10.9. The fourth-order valence-corrected chi connectivity index (χ4v) is 8.30. The molecule has 0 bridgehead atoms. The molecule has 1 unspecified atom stereocenters. The van der Waals surface area contributed by atoms with E-state index in [0.717, 1.165) is 54.9 Å². The van der Waals surface area contributed by atoms with Crippen LogP contribution in [0.15, 0.2) is 55.1 Å². The molecule has 8 nitrogen and oxygen atoms in total. The Hall–Kier alpha value is -3.48. The molecule has 202 valence electrons. The predicted octanol–water partition coefficient (Wildman–Crippen LogP) is 5.38. The second-order valence-corrected chi connectivity index (χ2v) is 13.0. The molecule has 0 radical (unpaired) electrons. The number of nitrogens with one attached hydrogen (secondary N) is 1. The Kier molecular flexibility index (Phi) is 7.24. The first kappa shape index (κ1) is 25.8. The predicted molar refractivity (Wildman–Crippen MR) is 151 cm³/mol. The molecule has 1 N–H and O–H groups in total. The Labute approximate surface area is 229 Å². The first-order valence-electron chi connectivity index (χ1n) is 13.8. The van der Waals surface area contributed by atoms with Crippen molar-refractivity contribution in [2.45, 2.75) is 44.4 Å². The zero-order chi connectivity index (χ0) is 26.8. The van der Waals surface area contributed by atoms with E-state index >= 15 is 0 Å². The van der Waals surface area contributed by atoms with Gasteiger partial charge in [-0.1, -0.05) is 0 Å². The lowest BCUT2D eigenvalue weighted by Gasteiger charge is -2.34. The van der Waals surface area contributed by atoms with Gasteiger partial charge >= 0.3 is 0 Å². The summed E-state index contributed by atoms with van der Waals surface area (Å²) in [6.45, 7) is 1.58. The summed E-state index contributed by atoms with van der Waals surface area (Å²) in [4.78, 5) is 12.2. The summed E-state index contributed by atoms with van der Waals surface area (Å²) in [5.74, 6) is 1.65. The van der Waals surface area contributed by atoms with Crippen molar-refractivity contribution in [2.24, 2.45) is 11.8 Å². The third kappa shape index (κ3) is 5.49. The quantitative estimate of drug-likeness (QED) is 0.335. The van der Waals surface area contributed by atoms with Crippen molar-refractivity contribution in [3.05, 3.63) is 66.2 Å². The zero-order valence-corrected chi connectivity index (χ0v) is 22.7. The fraction of sp³-hybridized carbons (Fsp3) is 0.433. The van der Waals surface area contributed by atoms with E-state index in [4.69, 9.17) is 10.00 Å². The molecule has 0 amide bonds. The SMILES string of the molecule is N#Cc1ccc(OCC2CCCN(S(=O)(=O)CC3CCC(c4cncc5cnc6[nH]ccc6c45)CC3)C2)cc1. The van der Waals surface area contributed by atoms with E-state index < -0.39 is 10.0 Å². The smallest absolute Gasteiger partial charge is 0.214 e. The number of ether oxygens (including phenoxy) is 1. The largest absolute Gasteiger partial charge is 0.493 e. The third-order valence-corrected chi connectivity index (χ3v) is 10.4. The number of aromatic nitrogens is 3. The maximum absolute atomic E-state index is 13.4. The van der Waals surface area contributed by atoms with E-state index in [-0.39, 0.29) is 17.6 Å². The van der Waals surface area contributed by atoms with Gasteiger partial charge in [0, 0.05) is 60.0 Å². The van der Waals surface area contributed by atoms with Crippen molar-refractivity contribution in [2.75, 3.05) is 25.4 Å². The number of hydrogen-bond donors (Lipinski definition) is 1. The molecule has 39 heavy (non-hydrogen) atoms. The summed E-state index contributed by atoms with van der Waals surface area (Å²) >= 11 is 0. The van der Waals surface area contributed by atoms with E-state index in [9.17, 15) is 8.42 Å². The van der Waals surface area contributed by atoms with Crippen molar-refractivity contribution in [3.63, 3.8) is 0 Å². The molecule has 3 aromatic heterocycles. The summed E-state index contributed by atoms with van der Waals surface area (Å²) in [5, 5.41) is 12.3. The third-order valence-electron chi connectivity index (χ3n) is 8.41. The van der Waals surface area contributed by atoms with Crippen molar-refractivity contribution in [1.82, 2.24) is 19.3 Å². The van der Waals surface area contributed by atoms with Crippen LogP contribution in [0.4, 0.5) is 0 Å². The molecule has 6 rings (SSSR count). The van der Waals surface area contributed by atoms with Crippen LogP contribution in [0.5, 0.6) is 5.75 Å². The molecule has 1 aliphatic heterocycles. The zero-order valence-electron chi connectivity index (χ0n) is 21.9. The number of fused-ring (bicyclic) bond motifs is 3. The number of hydrogen-bond acceptors (Lipinski definition) is 6. The van der Waals surface area contributed by atoms with Gasteiger partial charge in [0.2, 0.25) is 10.0 Å². The lowest BCUT2D eigenvalue weighted by atomic mass is 9.78. The summed E-state index contributed by atoms with van der Waals surface area (Å²) in [6.07, 6.45) is 13.2. The van der Waals surface area contributed by atoms with Gasteiger partial charge in [-0.25, -0.2) is 17.7 Å². The van der Waals surface area contributed by atoms with Gasteiger partial charge in [-0.2, -0.15) is 5.26 Å². The average Bonchev–Trinajstić information content (AvgIpc) is 3.46. The monoisotopic (exact) mass is 543 g/mol. The van der Waals surface area contributed by atoms with Crippen LogP contribution in [0, 0.1) is 23.2 Å². The van der Waals surface area contributed by atoms with Crippen LogP contribution >= 0.6 is 0 Å². The Bertz CT molecular complexity index is 1600. The lowest BCUT2D eigenvalue weighted by Crippen LogP contribution is -2.43. The highest BCUT2D eigenvalue weighted by Crippen LogP contribution is 2.40. The van der Waals surface area contributed by atoms with E-state index in [1.165, 1.54) is 10.9 Å². The fourth-order valence-electron chi connectivity index (χ4n) is 6.31. The molecule has 2 aliphatic rings. The highest BCUT2D eigenvalue weighted by Gasteiger charge is 2.33. The minimum absolute atomic E-state index is 0.165. The summed E-state index contributed by atoms with van der Waals surface area (Å²) in [5.41, 5.74) is 2.73. The first-order chi connectivity index (χ1) is 19.0. The van der Waals surface area contributed by atoms with Crippen molar-refractivity contribution in [1.29, 1.82) is 5.26 Å². The Morgan fingerprint density at radius 3 is 2.64 bits per heavy atom. The van der Waals surface area contributed by atoms with Gasteiger partial charge < -0.3 is 9.72 Å². The van der Waals surface area contributed by atoms with Gasteiger partial charge in [0.05, 0.1) is 24.0 Å². The van der Waals surface area contributed by atoms with Gasteiger partial charge in [0.25, 0.3) is 0 Å². The Balaban J connectivity index is 1.06. The summed E-state index contributed by atoms with van der Waals surface area (Å²) < 4.78 is 34.5. The number of aromatic amines is 1. The van der Waals surface area contributed by atoms with E-state index in [0.29, 0.717) is 36.9 Å². The number of rotatable bonds is 7. The topological polar surface area (TPSA) is 112 Å². The van der Waals surface area contributed by atoms with E-state index in [1.54, 1.807) is 28.6 Å². The number of nitrogens with zero attached hydrogens (tertiary/aromatic N) is 4. The van der Waals surface area contributed by atoms with E-state index in [1.807, 2.05) is 24.8 Å². The number of piperidine rings is 1. The molecule has 4 heterocycles. The van der Waals surface area contributed by atoms with Crippen LogP contribution in [-0.2, 0) is 10.0 Å². The van der Waals surface area contributed by atoms with Crippen molar-refractivity contribution >= 4 is 31.8 Å². The van der Waals surface area contributed by atoms with Crippen molar-refractivity contribution in [3.8, 4) is 11.8 Å². The lowest BCUT2D eigenvalue weighted by molar-refractivity contribution is 0.179. The number of benzene rings is 1. The molecular formula is C30H33N5O3S. The van der Waals surface area contributed by atoms with Crippen LogP contribution in [0.3, 0.4) is 0 Å². The molecule has 1 saturated heterocycles. The van der Waals surface area contributed by atoms with Crippen LogP contribution in [-0.4, -0.2) is 53.1 Å². The van der Waals surface area contributed by atoms with Gasteiger partial charge in [-0.05, 0) is 86.3 Å². The van der Waals surface area contributed by atoms with Crippen LogP contribution in [0.2, 0.25) is 0 Å². The molecule has 4 aromatic rings. The molecule has 1 saturated carbocycles. The molecular weight excluding hydrogens is 510 g/mol. The summed E-state index contributed by atoms with van der Waals surface area (Å²) in [6, 6.07) is 11.2. The van der Waals surface area contributed by atoms with Crippen LogP contribution in [0.25, 0.3) is 21.8 Å². The van der Waals surface area contributed by atoms with E-state index in [2.05, 4.69) is 27.1 Å². The van der Waals surface area contributed by atoms with Gasteiger partial charge in [0.1, 0.15) is 11.4 Å². The second-order valence-electron chi connectivity index (χ2n) is 11.0. The maximum atomic E-state index is 13.4. The molecule has 9 heteroatoms. The Morgan fingerprint density at radius 1 is 1.03 bits per heavy atom. The minimum atomic E-state index is -3.33. The molecule has 0 spiro atoms. The number of nitriles is 1. The maximum Gasteiger partial charge on any atom is 0.214 e. The van der Waals surface area contributed by atoms with Crippen molar-refractivity contribution < 1.29 is 13.2 Å². The number of H-pyrrole nitrogens is 1. The molecule has 1 aromatic carbocycles. The van der Waals surface area contributed by atoms with Crippen LogP contribution < -0.4 is 4.74 Å². The molecule has 2 fully saturated rings. The van der Waals surface area contributed by atoms with Gasteiger partial charge in [-0.3, -0.25) is 4.98 Å². The number of sulfonamides is 1. The number of pyridine rings is 2. The van der Waals surface area contributed by atoms with Crippen LogP contribution in [0.1, 0.15) is 55.6 Å². The normalized spacial score (nSPS) is 22.6. The average molecular weight is 544 g/mol. The highest BCUT2D eigenvalue weighted by molar-refractivity contribution is 7.89. The molecule has 1 aliphatic carbocycles.